The number of rotatable bonds is 3. The minimum Gasteiger partial charge on any atom is -0.458 e. The summed E-state index contributed by atoms with van der Waals surface area (Å²) in [6.45, 7) is 9.13. The maximum absolute atomic E-state index is 12.3. The third-order valence-corrected chi connectivity index (χ3v) is 4.70. The van der Waals surface area contributed by atoms with Gasteiger partial charge >= 0.3 is 11.9 Å². The summed E-state index contributed by atoms with van der Waals surface area (Å²) in [7, 11) is 0. The number of fused-ring (bicyclic) bond motifs is 1. The van der Waals surface area contributed by atoms with E-state index in [1.165, 1.54) is 6.08 Å². The fraction of sp³-hybridized carbons (Fsp3) is 0.500. The average Bonchev–Trinajstić information content (AvgIpc) is 2.81. The molecule has 136 valence electrons. The average molecular weight is 346 g/mol. The lowest BCUT2D eigenvalue weighted by Crippen LogP contribution is -2.34. The number of aliphatic hydroxyl groups is 1. The Morgan fingerprint density at radius 1 is 1.44 bits per heavy atom. The number of carbonyl (C=O) groups excluding carboxylic acids is 2. The van der Waals surface area contributed by atoms with Gasteiger partial charge in [0.2, 0.25) is 0 Å². The molecule has 5 heteroatoms. The topological polar surface area (TPSA) is 72.8 Å². The van der Waals surface area contributed by atoms with Crippen LogP contribution in [0.15, 0.2) is 47.1 Å². The third-order valence-electron chi connectivity index (χ3n) is 4.70. The van der Waals surface area contributed by atoms with E-state index in [0.29, 0.717) is 12.0 Å². The van der Waals surface area contributed by atoms with Gasteiger partial charge in [0.15, 0.2) is 0 Å². The summed E-state index contributed by atoms with van der Waals surface area (Å²) in [5.74, 6) is -1.45. The Morgan fingerprint density at radius 2 is 2.16 bits per heavy atom. The van der Waals surface area contributed by atoms with Crippen molar-refractivity contribution in [1.29, 1.82) is 0 Å². The molecule has 0 bridgehead atoms. The molecule has 1 N–H and O–H groups in total. The molecule has 1 heterocycles. The van der Waals surface area contributed by atoms with Crippen LogP contribution in [0.2, 0.25) is 0 Å². The molecule has 2 aliphatic rings. The molecule has 1 fully saturated rings. The monoisotopic (exact) mass is 346 g/mol. The van der Waals surface area contributed by atoms with Crippen molar-refractivity contribution in [3.8, 4) is 0 Å². The van der Waals surface area contributed by atoms with E-state index in [1.807, 2.05) is 19.9 Å². The molecular formula is C20H26O5. The van der Waals surface area contributed by atoms with Crippen LogP contribution in [-0.4, -0.2) is 35.9 Å². The van der Waals surface area contributed by atoms with E-state index in [2.05, 4.69) is 12.7 Å². The van der Waals surface area contributed by atoms with Crippen molar-refractivity contribution in [2.24, 2.45) is 5.92 Å². The third kappa shape index (κ3) is 4.48. The normalized spacial score (nSPS) is 32.0. The van der Waals surface area contributed by atoms with Crippen molar-refractivity contribution in [3.63, 3.8) is 0 Å². The zero-order valence-corrected chi connectivity index (χ0v) is 15.1. The lowest BCUT2D eigenvalue weighted by Gasteiger charge is -2.27. The summed E-state index contributed by atoms with van der Waals surface area (Å²) in [5.41, 5.74) is 2.73. The summed E-state index contributed by atoms with van der Waals surface area (Å²) < 4.78 is 11.1. The molecule has 1 aliphatic heterocycles. The van der Waals surface area contributed by atoms with Crippen LogP contribution in [0.5, 0.6) is 0 Å². The van der Waals surface area contributed by atoms with Gasteiger partial charge in [-0.05, 0) is 39.7 Å². The number of allylic oxidation sites excluding steroid dienone is 3. The van der Waals surface area contributed by atoms with Crippen LogP contribution in [0.3, 0.4) is 0 Å². The van der Waals surface area contributed by atoms with Crippen LogP contribution in [0.4, 0.5) is 0 Å². The van der Waals surface area contributed by atoms with Crippen molar-refractivity contribution in [1.82, 2.24) is 0 Å². The van der Waals surface area contributed by atoms with Crippen molar-refractivity contribution in [3.05, 3.63) is 47.1 Å². The molecule has 1 saturated heterocycles. The highest BCUT2D eigenvalue weighted by atomic mass is 16.6. The van der Waals surface area contributed by atoms with Gasteiger partial charge in [0.1, 0.15) is 12.2 Å². The van der Waals surface area contributed by atoms with Gasteiger partial charge in [-0.3, -0.25) is 0 Å². The van der Waals surface area contributed by atoms with Gasteiger partial charge in [0.25, 0.3) is 0 Å². The van der Waals surface area contributed by atoms with E-state index >= 15 is 0 Å². The molecule has 0 spiro atoms. The van der Waals surface area contributed by atoms with Gasteiger partial charge < -0.3 is 14.6 Å². The van der Waals surface area contributed by atoms with Crippen LogP contribution in [0, 0.1) is 5.92 Å². The molecule has 1 aliphatic carbocycles. The number of carbonyl (C=O) groups is 2. The van der Waals surface area contributed by atoms with Gasteiger partial charge in [0.05, 0.1) is 18.1 Å². The van der Waals surface area contributed by atoms with Crippen molar-refractivity contribution in [2.45, 2.75) is 52.2 Å². The van der Waals surface area contributed by atoms with E-state index in [-0.39, 0.29) is 12.2 Å². The quantitative estimate of drug-likeness (QED) is 0.483. The van der Waals surface area contributed by atoms with Crippen LogP contribution >= 0.6 is 0 Å². The molecule has 0 saturated carbocycles. The molecule has 5 nitrogen and oxygen atoms in total. The highest BCUT2D eigenvalue weighted by molar-refractivity contribution is 5.92. The first-order chi connectivity index (χ1) is 11.9. The predicted molar refractivity (Wildman–Crippen MR) is 94.6 cm³/mol. The van der Waals surface area contributed by atoms with E-state index in [9.17, 15) is 14.7 Å². The Labute approximate surface area is 148 Å². The Balaban J connectivity index is 2.37. The summed E-state index contributed by atoms with van der Waals surface area (Å²) in [5, 5.41) is 9.29. The molecule has 2 rings (SSSR count). The molecule has 0 radical (unpaired) electrons. The molecular weight excluding hydrogens is 320 g/mol. The molecule has 0 aromatic carbocycles. The van der Waals surface area contributed by atoms with Crippen molar-refractivity contribution < 1.29 is 24.2 Å². The summed E-state index contributed by atoms with van der Waals surface area (Å²) in [6.07, 6.45) is 6.80. The molecule has 0 aromatic heterocycles. The zero-order chi connectivity index (χ0) is 18.6. The van der Waals surface area contributed by atoms with Gasteiger partial charge in [0, 0.05) is 12.0 Å². The largest absolute Gasteiger partial charge is 0.458 e. The maximum atomic E-state index is 12.3. The number of hydrogen-bond acceptors (Lipinski definition) is 5. The second-order valence-corrected chi connectivity index (χ2v) is 6.64. The number of hydrogen-bond donors (Lipinski definition) is 1. The summed E-state index contributed by atoms with van der Waals surface area (Å²) >= 11 is 0. The minimum atomic E-state index is -0.577. The van der Waals surface area contributed by atoms with Gasteiger partial charge in [-0.25, -0.2) is 9.59 Å². The van der Waals surface area contributed by atoms with E-state index < -0.39 is 30.1 Å². The van der Waals surface area contributed by atoms with Crippen LogP contribution in [-0.2, 0) is 19.1 Å². The Kier molecular flexibility index (Phi) is 6.37. The number of esters is 2. The summed E-state index contributed by atoms with van der Waals surface area (Å²) in [6, 6.07) is 0. The highest BCUT2D eigenvalue weighted by Crippen LogP contribution is 2.36. The fourth-order valence-corrected chi connectivity index (χ4v) is 3.22. The van der Waals surface area contributed by atoms with E-state index in [1.54, 1.807) is 6.92 Å². The molecule has 3 atom stereocenters. The van der Waals surface area contributed by atoms with Crippen LogP contribution < -0.4 is 0 Å². The molecule has 3 unspecified atom stereocenters. The predicted octanol–water partition coefficient (Wildman–Crippen LogP) is 3.01. The Hall–Kier alpha value is -2.14. The Morgan fingerprint density at radius 3 is 2.80 bits per heavy atom. The molecule has 0 aromatic rings. The standard InChI is InChI=1S/C20H26O5/c1-5-15(11-21)20(23)25-17-10-13(3)8-6-7-12(2)9-16-18(17)14(4)19(22)24-16/h5,8-9,16-18,21H,4,6-7,10-11H2,1-3H3/b12-9+,13-8+,15-5?. The van der Waals surface area contributed by atoms with Crippen LogP contribution in [0.25, 0.3) is 0 Å². The number of ether oxygens (including phenoxy) is 2. The van der Waals surface area contributed by atoms with E-state index in [0.717, 1.165) is 24.0 Å². The highest BCUT2D eigenvalue weighted by Gasteiger charge is 2.44. The lowest BCUT2D eigenvalue weighted by atomic mass is 9.85. The lowest BCUT2D eigenvalue weighted by molar-refractivity contribution is -0.147. The first-order valence-corrected chi connectivity index (χ1v) is 8.57. The van der Waals surface area contributed by atoms with Gasteiger partial charge in [-0.2, -0.15) is 0 Å². The first-order valence-electron chi connectivity index (χ1n) is 8.57. The zero-order valence-electron chi connectivity index (χ0n) is 15.1. The maximum Gasteiger partial charge on any atom is 0.336 e. The van der Waals surface area contributed by atoms with Gasteiger partial charge in [-0.15, -0.1) is 0 Å². The SMILES string of the molecule is C=C1C(=O)OC2/C=C(\C)CC/C=C(\C)CC(OC(=O)C(=CC)CO)C12. The van der Waals surface area contributed by atoms with E-state index in [4.69, 9.17) is 9.47 Å². The van der Waals surface area contributed by atoms with Gasteiger partial charge in [-0.1, -0.05) is 29.9 Å². The first kappa shape index (κ1) is 19.2. The fourth-order valence-electron chi connectivity index (χ4n) is 3.22. The summed E-state index contributed by atoms with van der Waals surface area (Å²) in [4.78, 5) is 24.4. The van der Waals surface area contributed by atoms with Crippen LogP contribution in [0.1, 0.15) is 40.0 Å². The minimum absolute atomic E-state index is 0.192. The smallest absolute Gasteiger partial charge is 0.336 e. The molecule has 25 heavy (non-hydrogen) atoms. The molecule has 0 amide bonds. The second kappa shape index (κ2) is 8.30. The Bertz CT molecular complexity index is 653. The van der Waals surface area contributed by atoms with Crippen molar-refractivity contribution >= 4 is 11.9 Å². The second-order valence-electron chi connectivity index (χ2n) is 6.64. The van der Waals surface area contributed by atoms with Crippen molar-refractivity contribution in [2.75, 3.05) is 6.61 Å². The number of aliphatic hydroxyl groups excluding tert-OH is 1.